The number of carbonyl (C=O) groups excluding carboxylic acids is 1. The first-order valence-electron chi connectivity index (χ1n) is 8.13. The van der Waals surface area contributed by atoms with Crippen LogP contribution in [0.5, 0.6) is 0 Å². The average Bonchev–Trinajstić information content (AvgIpc) is 3.23. The molecule has 1 aromatic carbocycles. The maximum absolute atomic E-state index is 12.5. The lowest BCUT2D eigenvalue weighted by atomic mass is 10.1. The molecular formula is C19H14Cl2N4OS. The molecule has 0 atom stereocenters. The second-order valence-electron chi connectivity index (χ2n) is 5.98. The normalized spacial score (nSPS) is 11.1. The number of carbonyl (C=O) groups is 1. The van der Waals surface area contributed by atoms with Crippen LogP contribution in [0.1, 0.15) is 5.69 Å². The predicted octanol–water partition coefficient (Wildman–Crippen LogP) is 5.41. The Labute approximate surface area is 169 Å². The third kappa shape index (κ3) is 3.69. The maximum Gasteiger partial charge on any atom is 0.246 e. The Morgan fingerprint density at radius 3 is 2.70 bits per heavy atom. The molecule has 0 aliphatic heterocycles. The molecule has 0 saturated carbocycles. The van der Waals surface area contributed by atoms with E-state index in [9.17, 15) is 4.79 Å². The van der Waals surface area contributed by atoms with E-state index in [0.717, 1.165) is 21.5 Å². The van der Waals surface area contributed by atoms with E-state index in [1.54, 1.807) is 40.4 Å². The smallest absolute Gasteiger partial charge is 0.246 e. The van der Waals surface area contributed by atoms with Gasteiger partial charge in [-0.05, 0) is 42.6 Å². The van der Waals surface area contributed by atoms with E-state index in [1.807, 2.05) is 24.4 Å². The monoisotopic (exact) mass is 416 g/mol. The van der Waals surface area contributed by atoms with Crippen LogP contribution in [0.3, 0.4) is 0 Å². The van der Waals surface area contributed by atoms with Gasteiger partial charge in [-0.15, -0.1) is 11.3 Å². The zero-order chi connectivity index (χ0) is 19.0. The molecule has 0 bridgehead atoms. The summed E-state index contributed by atoms with van der Waals surface area (Å²) >= 11 is 13.6. The van der Waals surface area contributed by atoms with Crippen LogP contribution in [0.15, 0.2) is 48.0 Å². The van der Waals surface area contributed by atoms with Gasteiger partial charge in [0.2, 0.25) is 5.91 Å². The summed E-state index contributed by atoms with van der Waals surface area (Å²) in [5, 5.41) is 11.2. The lowest BCUT2D eigenvalue weighted by Crippen LogP contribution is -2.19. The molecular weight excluding hydrogens is 403 g/mol. The molecule has 0 saturated heterocycles. The van der Waals surface area contributed by atoms with Crippen LogP contribution >= 0.6 is 34.5 Å². The fourth-order valence-corrected chi connectivity index (χ4v) is 4.28. The zero-order valence-electron chi connectivity index (χ0n) is 14.2. The molecule has 27 heavy (non-hydrogen) atoms. The molecule has 4 rings (SSSR count). The van der Waals surface area contributed by atoms with Gasteiger partial charge in [0.05, 0.1) is 11.1 Å². The van der Waals surface area contributed by atoms with Gasteiger partial charge in [0.1, 0.15) is 6.54 Å². The summed E-state index contributed by atoms with van der Waals surface area (Å²) in [5.41, 5.74) is 3.12. The van der Waals surface area contributed by atoms with Gasteiger partial charge in [-0.25, -0.2) is 9.67 Å². The van der Waals surface area contributed by atoms with Crippen LogP contribution in [0.4, 0.5) is 5.69 Å². The third-order valence-corrected chi connectivity index (χ3v) is 5.37. The minimum atomic E-state index is -0.235. The van der Waals surface area contributed by atoms with Crippen LogP contribution in [0.25, 0.3) is 21.5 Å². The molecule has 0 fully saturated rings. The van der Waals surface area contributed by atoms with Crippen molar-refractivity contribution in [2.45, 2.75) is 13.5 Å². The number of aromatic nitrogens is 3. The fraction of sp³-hybridized carbons (Fsp3) is 0.105. The molecule has 0 aliphatic carbocycles. The Kier molecular flexibility index (Phi) is 4.86. The van der Waals surface area contributed by atoms with Gasteiger partial charge in [0, 0.05) is 32.4 Å². The summed E-state index contributed by atoms with van der Waals surface area (Å²) in [4.78, 5) is 18.1. The Balaban J connectivity index is 1.64. The van der Waals surface area contributed by atoms with Gasteiger partial charge < -0.3 is 5.32 Å². The third-order valence-electron chi connectivity index (χ3n) is 4.03. The molecule has 3 heterocycles. The van der Waals surface area contributed by atoms with Crippen LogP contribution in [0.2, 0.25) is 10.0 Å². The highest BCUT2D eigenvalue weighted by molar-refractivity contribution is 7.13. The van der Waals surface area contributed by atoms with Crippen molar-refractivity contribution in [1.82, 2.24) is 14.8 Å². The second-order valence-corrected chi connectivity index (χ2v) is 7.80. The van der Waals surface area contributed by atoms with Crippen LogP contribution in [-0.2, 0) is 11.3 Å². The maximum atomic E-state index is 12.5. The summed E-state index contributed by atoms with van der Waals surface area (Å²) in [6, 6.07) is 10.9. The van der Waals surface area contributed by atoms with Crippen LogP contribution in [0, 0.1) is 6.92 Å². The molecule has 3 aromatic heterocycles. The Morgan fingerprint density at radius 1 is 1.22 bits per heavy atom. The number of benzene rings is 1. The fourth-order valence-electron chi connectivity index (χ4n) is 2.99. The molecule has 0 unspecified atom stereocenters. The first kappa shape index (κ1) is 18.0. The molecule has 1 N–H and O–H groups in total. The Morgan fingerprint density at radius 2 is 2.00 bits per heavy atom. The highest BCUT2D eigenvalue weighted by Crippen LogP contribution is 2.32. The van der Waals surface area contributed by atoms with Crippen molar-refractivity contribution in [1.29, 1.82) is 0 Å². The van der Waals surface area contributed by atoms with E-state index in [2.05, 4.69) is 21.5 Å². The molecule has 0 spiro atoms. The number of hydrogen-bond donors (Lipinski definition) is 1. The highest BCUT2D eigenvalue weighted by Gasteiger charge is 2.16. The molecule has 1 amide bonds. The van der Waals surface area contributed by atoms with Crippen molar-refractivity contribution in [2.75, 3.05) is 5.32 Å². The highest BCUT2D eigenvalue weighted by atomic mass is 35.5. The van der Waals surface area contributed by atoms with Gasteiger partial charge in [0.15, 0.2) is 5.65 Å². The zero-order valence-corrected chi connectivity index (χ0v) is 16.6. The van der Waals surface area contributed by atoms with Crippen LogP contribution in [-0.4, -0.2) is 20.7 Å². The van der Waals surface area contributed by atoms with Gasteiger partial charge in [-0.2, -0.15) is 5.10 Å². The summed E-state index contributed by atoms with van der Waals surface area (Å²) in [7, 11) is 0. The van der Waals surface area contributed by atoms with Crippen molar-refractivity contribution in [3.63, 3.8) is 0 Å². The number of rotatable bonds is 4. The molecule has 5 nitrogen and oxygen atoms in total. The standard InChI is InChI=1S/C19H14Cl2N4OS/c1-11-18-15(16-3-2-6-27-16)4-5-22-19(18)25(24-11)10-17(26)23-14-8-12(20)7-13(21)9-14/h2-9H,10H2,1H3,(H,23,26). The van der Waals surface area contributed by atoms with E-state index in [4.69, 9.17) is 23.2 Å². The molecule has 4 aromatic rings. The summed E-state index contributed by atoms with van der Waals surface area (Å²) in [6.45, 7) is 1.96. The van der Waals surface area contributed by atoms with Gasteiger partial charge in [0.25, 0.3) is 0 Å². The number of thiophene rings is 1. The Bertz CT molecular complexity index is 1120. The molecule has 0 aliphatic rings. The van der Waals surface area contributed by atoms with Gasteiger partial charge in [-0.3, -0.25) is 4.79 Å². The van der Waals surface area contributed by atoms with Crippen LogP contribution < -0.4 is 5.32 Å². The van der Waals surface area contributed by atoms with E-state index < -0.39 is 0 Å². The number of nitrogens with one attached hydrogen (secondary N) is 1. The predicted molar refractivity (Wildman–Crippen MR) is 111 cm³/mol. The minimum absolute atomic E-state index is 0.0371. The lowest BCUT2D eigenvalue weighted by Gasteiger charge is -2.07. The average molecular weight is 417 g/mol. The molecule has 8 heteroatoms. The van der Waals surface area contributed by atoms with Gasteiger partial charge in [-0.1, -0.05) is 29.3 Å². The number of aryl methyl sites for hydroxylation is 1. The Hall–Kier alpha value is -2.41. The topological polar surface area (TPSA) is 59.8 Å². The number of amides is 1. The number of fused-ring (bicyclic) bond motifs is 1. The van der Waals surface area contributed by atoms with Crippen molar-refractivity contribution >= 4 is 57.2 Å². The minimum Gasteiger partial charge on any atom is -0.324 e. The van der Waals surface area contributed by atoms with E-state index >= 15 is 0 Å². The lowest BCUT2D eigenvalue weighted by molar-refractivity contribution is -0.116. The number of pyridine rings is 1. The van der Waals surface area contributed by atoms with Gasteiger partial charge >= 0.3 is 0 Å². The van der Waals surface area contributed by atoms with Crippen molar-refractivity contribution < 1.29 is 4.79 Å². The van der Waals surface area contributed by atoms with Crippen molar-refractivity contribution in [2.24, 2.45) is 0 Å². The summed E-state index contributed by atoms with van der Waals surface area (Å²) < 4.78 is 1.61. The first-order valence-corrected chi connectivity index (χ1v) is 9.77. The number of anilines is 1. The molecule has 136 valence electrons. The quantitative estimate of drug-likeness (QED) is 0.483. The largest absolute Gasteiger partial charge is 0.324 e. The van der Waals surface area contributed by atoms with Crippen molar-refractivity contribution in [3.8, 4) is 10.4 Å². The molecule has 0 radical (unpaired) electrons. The summed E-state index contributed by atoms with van der Waals surface area (Å²) in [5.74, 6) is -0.235. The van der Waals surface area contributed by atoms with E-state index in [0.29, 0.717) is 21.4 Å². The van der Waals surface area contributed by atoms with E-state index in [-0.39, 0.29) is 12.5 Å². The first-order chi connectivity index (χ1) is 13.0. The van der Waals surface area contributed by atoms with Crippen molar-refractivity contribution in [3.05, 3.63) is 63.7 Å². The number of halogens is 2. The number of hydrogen-bond acceptors (Lipinski definition) is 4. The second kappa shape index (κ2) is 7.31. The van der Waals surface area contributed by atoms with E-state index in [1.165, 1.54) is 0 Å². The number of nitrogens with zero attached hydrogens (tertiary/aromatic N) is 3. The summed E-state index contributed by atoms with van der Waals surface area (Å²) in [6.07, 6.45) is 1.74. The SMILES string of the molecule is Cc1nn(CC(=O)Nc2cc(Cl)cc(Cl)c2)c2nccc(-c3cccs3)c12.